The number of hydrogen-bond donors (Lipinski definition) is 0. The van der Waals surface area contributed by atoms with E-state index in [2.05, 4.69) is 20.7 Å². The van der Waals surface area contributed by atoms with Crippen LogP contribution in [0.5, 0.6) is 0 Å². The molecule has 0 amide bonds. The highest BCUT2D eigenvalue weighted by molar-refractivity contribution is 6.47. The predicted molar refractivity (Wildman–Crippen MR) is 24.1 cm³/mol. The summed E-state index contributed by atoms with van der Waals surface area (Å²) in [5, 5.41) is 12.5. The molecule has 0 atom stereocenters. The Kier molecular flexibility index (Phi) is 0.972. The number of nitrogens with zero attached hydrogens (tertiary/aromatic N) is 4. The predicted octanol–water partition coefficient (Wildman–Crippen LogP) is 1.91. The molecule has 1 heterocycles. The summed E-state index contributed by atoms with van der Waals surface area (Å²) < 4.78 is -1.44. The van der Waals surface area contributed by atoms with Gasteiger partial charge in [-0.05, 0) is 33.6 Å². The molecule has 0 aliphatic carbocycles. The van der Waals surface area contributed by atoms with Crippen molar-refractivity contribution in [1.29, 1.82) is 0 Å². The highest BCUT2D eigenvalue weighted by Crippen LogP contribution is 2.28. The van der Waals surface area contributed by atoms with Crippen molar-refractivity contribution in [1.82, 2.24) is 0 Å². The van der Waals surface area contributed by atoms with Gasteiger partial charge in [0.1, 0.15) is 0 Å². The van der Waals surface area contributed by atoms with E-state index < -0.39 is 4.58 Å². The van der Waals surface area contributed by atoms with E-state index in [0.717, 1.165) is 0 Å². The average Bonchev–Trinajstić information content (AvgIpc) is 1.84. The second-order valence-corrected chi connectivity index (χ2v) is 2.14. The molecule has 38 valence electrons. The number of hydrogen-bond acceptors (Lipinski definition) is 4. The van der Waals surface area contributed by atoms with Crippen LogP contribution >= 0.6 is 23.2 Å². The smallest absolute Gasteiger partial charge is 0.101 e. The first kappa shape index (κ1) is 4.93. The van der Waals surface area contributed by atoms with E-state index >= 15 is 0 Å². The van der Waals surface area contributed by atoms with Gasteiger partial charge in [-0.3, -0.25) is 0 Å². The molecule has 4 nitrogen and oxygen atoms in total. The van der Waals surface area contributed by atoms with E-state index in [0.29, 0.717) is 0 Å². The molecule has 0 N–H and O–H groups in total. The quantitative estimate of drug-likeness (QED) is 0.363. The molecule has 0 aromatic carbocycles. The fourth-order valence-electron chi connectivity index (χ4n) is 0.168. The van der Waals surface area contributed by atoms with Crippen LogP contribution in [0.3, 0.4) is 0 Å². The van der Waals surface area contributed by atoms with E-state index in [1.54, 1.807) is 0 Å². The standard InChI is InChI=1S/CCl2N4/c2-1(3)4-6-7-5-1. The number of rotatable bonds is 0. The molecule has 1 aliphatic rings. The van der Waals surface area contributed by atoms with Crippen LogP contribution in [0.25, 0.3) is 0 Å². The van der Waals surface area contributed by atoms with Crippen molar-refractivity contribution in [2.75, 3.05) is 0 Å². The van der Waals surface area contributed by atoms with Crippen molar-refractivity contribution in [3.05, 3.63) is 0 Å². The van der Waals surface area contributed by atoms with E-state index in [-0.39, 0.29) is 0 Å². The molecule has 0 aromatic rings. The summed E-state index contributed by atoms with van der Waals surface area (Å²) in [6.07, 6.45) is 0. The highest BCUT2D eigenvalue weighted by atomic mass is 35.5. The van der Waals surface area contributed by atoms with Crippen LogP contribution in [0.15, 0.2) is 20.7 Å². The van der Waals surface area contributed by atoms with Crippen LogP contribution < -0.4 is 0 Å². The van der Waals surface area contributed by atoms with Crippen molar-refractivity contribution in [2.24, 2.45) is 20.7 Å². The minimum absolute atomic E-state index is 1.44. The zero-order valence-electron chi connectivity index (χ0n) is 3.04. The van der Waals surface area contributed by atoms with Crippen molar-refractivity contribution in [3.8, 4) is 0 Å². The molecule has 0 bridgehead atoms. The lowest BCUT2D eigenvalue weighted by atomic mass is 11.2. The molecule has 1 rings (SSSR count). The van der Waals surface area contributed by atoms with Crippen LogP contribution in [0.2, 0.25) is 0 Å². The summed E-state index contributed by atoms with van der Waals surface area (Å²) in [7, 11) is 0. The summed E-state index contributed by atoms with van der Waals surface area (Å²) in [4.78, 5) is 0. The first-order valence-electron chi connectivity index (χ1n) is 1.43. The Morgan fingerprint density at radius 3 is 1.57 bits per heavy atom. The Labute approximate surface area is 49.2 Å². The van der Waals surface area contributed by atoms with Gasteiger partial charge in [-0.1, -0.05) is 0 Å². The molecular weight excluding hydrogens is 139 g/mol. The van der Waals surface area contributed by atoms with E-state index in [1.165, 1.54) is 0 Å². The molecule has 6 heteroatoms. The largest absolute Gasteiger partial charge is 0.344 e. The lowest BCUT2D eigenvalue weighted by molar-refractivity contribution is 0.867. The second kappa shape index (κ2) is 1.38. The number of alkyl halides is 2. The van der Waals surface area contributed by atoms with Gasteiger partial charge in [0.25, 0.3) is 0 Å². The molecule has 0 unspecified atom stereocenters. The summed E-state index contributed by atoms with van der Waals surface area (Å²) in [6, 6.07) is 0. The van der Waals surface area contributed by atoms with Crippen LogP contribution in [0.1, 0.15) is 0 Å². The van der Waals surface area contributed by atoms with Crippen molar-refractivity contribution >= 4 is 23.2 Å². The van der Waals surface area contributed by atoms with Gasteiger partial charge < -0.3 is 0 Å². The van der Waals surface area contributed by atoms with Crippen molar-refractivity contribution in [2.45, 2.75) is 4.58 Å². The van der Waals surface area contributed by atoms with Gasteiger partial charge in [0.15, 0.2) is 0 Å². The fraction of sp³-hybridized carbons (Fsp3) is 1.00. The van der Waals surface area contributed by atoms with Crippen LogP contribution in [0, 0.1) is 0 Å². The number of halogens is 2. The molecule has 0 saturated heterocycles. The first-order valence-corrected chi connectivity index (χ1v) is 2.18. The highest BCUT2D eigenvalue weighted by Gasteiger charge is 2.25. The molecule has 0 radical (unpaired) electrons. The van der Waals surface area contributed by atoms with Crippen molar-refractivity contribution < 1.29 is 0 Å². The SMILES string of the molecule is ClC1(Cl)N=NN=N1. The minimum Gasteiger partial charge on any atom is -0.101 e. The molecule has 7 heavy (non-hydrogen) atoms. The van der Waals surface area contributed by atoms with Gasteiger partial charge >= 0.3 is 4.58 Å². The molecule has 0 spiro atoms. The van der Waals surface area contributed by atoms with E-state index in [9.17, 15) is 0 Å². The molecular formula is CCl2N4. The fourth-order valence-corrected chi connectivity index (χ4v) is 0.303. The van der Waals surface area contributed by atoms with Gasteiger partial charge in [-0.15, -0.1) is 10.2 Å². The van der Waals surface area contributed by atoms with Gasteiger partial charge in [-0.2, -0.15) is 0 Å². The summed E-state index contributed by atoms with van der Waals surface area (Å²) in [5.41, 5.74) is 0. The van der Waals surface area contributed by atoms with Crippen LogP contribution in [-0.4, -0.2) is 4.58 Å². The minimum atomic E-state index is -1.44. The Balaban J connectivity index is 2.77. The third-order valence-corrected chi connectivity index (χ3v) is 0.672. The van der Waals surface area contributed by atoms with Gasteiger partial charge in [0.2, 0.25) is 0 Å². The van der Waals surface area contributed by atoms with E-state index in [4.69, 9.17) is 23.2 Å². The lowest BCUT2D eigenvalue weighted by Gasteiger charge is -1.93. The third-order valence-electron chi connectivity index (χ3n) is 0.370. The van der Waals surface area contributed by atoms with Crippen LogP contribution in [0.4, 0.5) is 0 Å². The Bertz CT molecular complexity index is 112. The molecule has 0 fully saturated rings. The summed E-state index contributed by atoms with van der Waals surface area (Å²) >= 11 is 10.4. The van der Waals surface area contributed by atoms with Crippen LogP contribution in [-0.2, 0) is 0 Å². The summed E-state index contributed by atoms with van der Waals surface area (Å²) in [6.45, 7) is 0. The third kappa shape index (κ3) is 1.07. The average molecular weight is 139 g/mol. The zero-order chi connectivity index (χ0) is 5.33. The van der Waals surface area contributed by atoms with Gasteiger partial charge in [-0.25, -0.2) is 0 Å². The summed E-state index contributed by atoms with van der Waals surface area (Å²) in [5.74, 6) is 0. The zero-order valence-corrected chi connectivity index (χ0v) is 4.56. The monoisotopic (exact) mass is 138 g/mol. The Hall–Kier alpha value is -0.220. The Morgan fingerprint density at radius 1 is 1.00 bits per heavy atom. The first-order chi connectivity index (χ1) is 3.21. The maximum atomic E-state index is 5.21. The second-order valence-electron chi connectivity index (χ2n) is 0.888. The molecule has 0 saturated carbocycles. The van der Waals surface area contributed by atoms with E-state index in [1.807, 2.05) is 0 Å². The topological polar surface area (TPSA) is 49.4 Å². The Morgan fingerprint density at radius 2 is 1.43 bits per heavy atom. The molecule has 0 aromatic heterocycles. The van der Waals surface area contributed by atoms with Gasteiger partial charge in [0.05, 0.1) is 0 Å². The normalized spacial score (nSPS) is 23.7. The maximum Gasteiger partial charge on any atom is 0.344 e. The molecule has 1 aliphatic heterocycles. The maximum absolute atomic E-state index is 5.21. The van der Waals surface area contributed by atoms with Gasteiger partial charge in [0, 0.05) is 0 Å². The van der Waals surface area contributed by atoms with Crippen molar-refractivity contribution in [3.63, 3.8) is 0 Å². The lowest BCUT2D eigenvalue weighted by Crippen LogP contribution is -1.96.